The lowest BCUT2D eigenvalue weighted by Gasteiger charge is -2.24. The number of hydrogen-bond acceptors (Lipinski definition) is 6. The third-order valence-electron chi connectivity index (χ3n) is 5.84. The highest BCUT2D eigenvalue weighted by molar-refractivity contribution is 6.51. The topological polar surface area (TPSA) is 92.9 Å². The van der Waals surface area contributed by atoms with E-state index in [0.29, 0.717) is 29.2 Å². The minimum atomic E-state index is -0.856. The summed E-state index contributed by atoms with van der Waals surface area (Å²) in [6, 6.07) is 15.2. The molecule has 1 fully saturated rings. The summed E-state index contributed by atoms with van der Waals surface area (Å²) in [6.07, 6.45) is 0. The molecule has 2 heterocycles. The second kappa shape index (κ2) is 8.82. The normalized spacial score (nSPS) is 17.9. The number of aryl methyl sites for hydroxylation is 1. The van der Waals surface area contributed by atoms with E-state index in [2.05, 4.69) is 25.9 Å². The number of aliphatic hydroxyl groups is 1. The van der Waals surface area contributed by atoms with Crippen LogP contribution >= 0.6 is 0 Å². The molecule has 1 amide bonds. The second-order valence-electron chi connectivity index (χ2n) is 9.29. The summed E-state index contributed by atoms with van der Waals surface area (Å²) in [7, 11) is 0. The van der Waals surface area contributed by atoms with Crippen LogP contribution in [-0.4, -0.2) is 28.6 Å². The van der Waals surface area contributed by atoms with Crippen molar-refractivity contribution in [1.82, 2.24) is 5.16 Å². The highest BCUT2D eigenvalue weighted by Gasteiger charge is 2.48. The number of hydrogen-bond donors (Lipinski definition) is 1. The Kier molecular flexibility index (Phi) is 6.04. The van der Waals surface area contributed by atoms with Gasteiger partial charge in [-0.1, -0.05) is 50.2 Å². The van der Waals surface area contributed by atoms with Gasteiger partial charge in [-0.15, -0.1) is 0 Å². The lowest BCUT2D eigenvalue weighted by molar-refractivity contribution is -0.132. The van der Waals surface area contributed by atoms with Crippen LogP contribution in [0.4, 0.5) is 5.82 Å². The molecule has 1 N–H and O–H groups in total. The smallest absolute Gasteiger partial charge is 0.301 e. The summed E-state index contributed by atoms with van der Waals surface area (Å²) in [5.74, 6) is -0.441. The number of anilines is 1. The quantitative estimate of drug-likeness (QED) is 0.315. The number of ketones is 1. The van der Waals surface area contributed by atoms with Crippen molar-refractivity contribution in [3.8, 4) is 5.75 Å². The molecule has 1 atom stereocenters. The molecule has 1 aliphatic heterocycles. The summed E-state index contributed by atoms with van der Waals surface area (Å²) in [4.78, 5) is 27.6. The largest absolute Gasteiger partial charge is 0.507 e. The second-order valence-corrected chi connectivity index (χ2v) is 9.29. The van der Waals surface area contributed by atoms with Crippen LogP contribution in [-0.2, 0) is 15.0 Å². The zero-order valence-electron chi connectivity index (χ0n) is 20.0. The van der Waals surface area contributed by atoms with Gasteiger partial charge in [0, 0.05) is 11.6 Å². The van der Waals surface area contributed by atoms with Crippen molar-refractivity contribution in [2.24, 2.45) is 0 Å². The third kappa shape index (κ3) is 4.21. The van der Waals surface area contributed by atoms with Gasteiger partial charge in [-0.25, -0.2) is 0 Å². The molecule has 0 spiro atoms. The molecule has 1 aliphatic rings. The molecule has 0 unspecified atom stereocenters. The number of carbonyl (C=O) groups is 2. The summed E-state index contributed by atoms with van der Waals surface area (Å²) < 4.78 is 10.6. The van der Waals surface area contributed by atoms with Crippen molar-refractivity contribution in [3.05, 3.63) is 82.6 Å². The first-order chi connectivity index (χ1) is 16.1. The van der Waals surface area contributed by atoms with E-state index < -0.39 is 17.7 Å². The fraction of sp³-hybridized carbons (Fsp3) is 0.296. The van der Waals surface area contributed by atoms with Crippen LogP contribution in [0, 0.1) is 6.92 Å². The van der Waals surface area contributed by atoms with Crippen LogP contribution in [0.3, 0.4) is 0 Å². The molecule has 1 saturated heterocycles. The Balaban J connectivity index is 1.87. The zero-order valence-corrected chi connectivity index (χ0v) is 20.0. The lowest BCUT2D eigenvalue weighted by Crippen LogP contribution is -2.29. The fourth-order valence-electron chi connectivity index (χ4n) is 4.05. The maximum absolute atomic E-state index is 13.2. The number of Topliss-reactive ketones (excluding diaryl/α,β-unsaturated/α-hetero) is 1. The average Bonchev–Trinajstić information content (AvgIpc) is 3.34. The standard InChI is InChI=1S/C27H28N2O5/c1-6-33-20-13-9-18(10-14-20)24(30)22-23(17-7-11-19(12-8-17)27(3,4)5)29(26(32)25(22)31)21-15-16(2)34-28-21/h7-15,23,30H,6H2,1-5H3/t23-/m1/s1. The molecule has 7 nitrogen and oxygen atoms in total. The molecule has 7 heteroatoms. The molecule has 0 radical (unpaired) electrons. The Morgan fingerprint density at radius 1 is 1.09 bits per heavy atom. The van der Waals surface area contributed by atoms with Gasteiger partial charge >= 0.3 is 5.91 Å². The minimum absolute atomic E-state index is 0.00155. The lowest BCUT2D eigenvalue weighted by atomic mass is 9.85. The Hall–Kier alpha value is -3.87. The van der Waals surface area contributed by atoms with Gasteiger partial charge in [-0.2, -0.15) is 0 Å². The number of ether oxygens (including phenoxy) is 1. The molecule has 176 valence electrons. The van der Waals surface area contributed by atoms with Crippen LogP contribution in [0.15, 0.2) is 64.7 Å². The SMILES string of the molecule is CCOc1ccc(C(O)=C2C(=O)C(=O)N(c3cc(C)on3)[C@@H]2c2ccc(C(C)(C)C)cc2)cc1. The van der Waals surface area contributed by atoms with Gasteiger partial charge in [0.1, 0.15) is 17.3 Å². The van der Waals surface area contributed by atoms with Crippen LogP contribution in [0.2, 0.25) is 0 Å². The molecular weight excluding hydrogens is 432 g/mol. The molecule has 3 aromatic rings. The van der Waals surface area contributed by atoms with Gasteiger partial charge in [-0.05, 0) is 54.7 Å². The molecule has 1 aromatic heterocycles. The molecule has 0 bridgehead atoms. The maximum atomic E-state index is 13.2. The molecule has 34 heavy (non-hydrogen) atoms. The fourth-order valence-corrected chi connectivity index (χ4v) is 4.05. The van der Waals surface area contributed by atoms with Crippen molar-refractivity contribution in [2.75, 3.05) is 11.5 Å². The van der Waals surface area contributed by atoms with Crippen molar-refractivity contribution >= 4 is 23.3 Å². The van der Waals surface area contributed by atoms with Crippen molar-refractivity contribution < 1.29 is 24.0 Å². The highest BCUT2D eigenvalue weighted by Crippen LogP contribution is 2.42. The number of amides is 1. The van der Waals surface area contributed by atoms with E-state index in [-0.39, 0.29) is 22.6 Å². The van der Waals surface area contributed by atoms with Gasteiger partial charge < -0.3 is 14.4 Å². The van der Waals surface area contributed by atoms with Gasteiger partial charge in [0.15, 0.2) is 5.82 Å². The Labute approximate surface area is 198 Å². The number of aliphatic hydroxyl groups excluding tert-OH is 1. The van der Waals surface area contributed by atoms with Crippen molar-refractivity contribution in [1.29, 1.82) is 0 Å². The number of nitrogens with zero attached hydrogens (tertiary/aromatic N) is 2. The van der Waals surface area contributed by atoms with E-state index in [0.717, 1.165) is 5.56 Å². The predicted molar refractivity (Wildman–Crippen MR) is 129 cm³/mol. The predicted octanol–water partition coefficient (Wildman–Crippen LogP) is 5.31. The number of aromatic nitrogens is 1. The van der Waals surface area contributed by atoms with Gasteiger partial charge in [0.25, 0.3) is 5.78 Å². The number of benzene rings is 2. The molecule has 0 aliphatic carbocycles. The van der Waals surface area contributed by atoms with Crippen LogP contribution in [0.1, 0.15) is 56.2 Å². The monoisotopic (exact) mass is 460 g/mol. The van der Waals surface area contributed by atoms with Crippen LogP contribution in [0.25, 0.3) is 5.76 Å². The summed E-state index contributed by atoms with van der Waals surface area (Å²) in [5, 5.41) is 15.2. The summed E-state index contributed by atoms with van der Waals surface area (Å²) in [5.41, 5.74) is 2.14. The van der Waals surface area contributed by atoms with E-state index in [1.54, 1.807) is 37.3 Å². The molecular formula is C27H28N2O5. The first-order valence-corrected chi connectivity index (χ1v) is 11.2. The number of rotatable bonds is 5. The Morgan fingerprint density at radius 2 is 1.74 bits per heavy atom. The van der Waals surface area contributed by atoms with E-state index >= 15 is 0 Å². The van der Waals surface area contributed by atoms with Gasteiger partial charge in [-0.3, -0.25) is 14.5 Å². The molecule has 2 aromatic carbocycles. The van der Waals surface area contributed by atoms with E-state index in [4.69, 9.17) is 9.26 Å². The minimum Gasteiger partial charge on any atom is -0.507 e. The molecule has 0 saturated carbocycles. The zero-order chi connectivity index (χ0) is 24.6. The highest BCUT2D eigenvalue weighted by atomic mass is 16.5. The Bertz CT molecular complexity index is 1250. The third-order valence-corrected chi connectivity index (χ3v) is 5.84. The first kappa shape index (κ1) is 23.3. The van der Waals surface area contributed by atoms with Gasteiger partial charge in [0.05, 0.1) is 18.2 Å². The van der Waals surface area contributed by atoms with Crippen LogP contribution in [0.5, 0.6) is 5.75 Å². The summed E-state index contributed by atoms with van der Waals surface area (Å²) in [6.45, 7) is 10.4. The van der Waals surface area contributed by atoms with Crippen LogP contribution < -0.4 is 9.64 Å². The van der Waals surface area contributed by atoms with Crippen molar-refractivity contribution in [2.45, 2.75) is 46.1 Å². The maximum Gasteiger partial charge on any atom is 0.301 e. The van der Waals surface area contributed by atoms with E-state index in [9.17, 15) is 14.7 Å². The van der Waals surface area contributed by atoms with Crippen molar-refractivity contribution in [3.63, 3.8) is 0 Å². The van der Waals surface area contributed by atoms with Gasteiger partial charge in [0.2, 0.25) is 0 Å². The first-order valence-electron chi connectivity index (χ1n) is 11.2. The molecule has 4 rings (SSSR count). The Morgan fingerprint density at radius 3 is 2.26 bits per heavy atom. The number of carbonyl (C=O) groups excluding carboxylic acids is 2. The average molecular weight is 461 g/mol. The summed E-state index contributed by atoms with van der Waals surface area (Å²) >= 11 is 0. The van der Waals surface area contributed by atoms with E-state index in [1.165, 1.54) is 4.90 Å². The van der Waals surface area contributed by atoms with E-state index in [1.807, 2.05) is 31.2 Å².